The van der Waals surface area contributed by atoms with Crippen LogP contribution in [0, 0.1) is 0 Å². The van der Waals surface area contributed by atoms with E-state index in [2.05, 4.69) is 22.1 Å². The predicted octanol–water partition coefficient (Wildman–Crippen LogP) is 1.72. The first-order chi connectivity index (χ1) is 8.16. The van der Waals surface area contributed by atoms with Gasteiger partial charge in [-0.2, -0.15) is 4.98 Å². The second-order valence-electron chi connectivity index (χ2n) is 4.13. The van der Waals surface area contributed by atoms with Gasteiger partial charge in [-0.1, -0.05) is 30.3 Å². The molecular formula is C13H16N4. The van der Waals surface area contributed by atoms with Crippen molar-refractivity contribution >= 4 is 11.8 Å². The van der Waals surface area contributed by atoms with Gasteiger partial charge in [0.2, 0.25) is 5.95 Å². The highest BCUT2D eigenvalue weighted by atomic mass is 15.2. The normalized spacial score (nSPS) is 10.2. The van der Waals surface area contributed by atoms with E-state index in [0.717, 1.165) is 17.8 Å². The van der Waals surface area contributed by atoms with Crippen LogP contribution in [0.15, 0.2) is 36.5 Å². The lowest BCUT2D eigenvalue weighted by Crippen LogP contribution is -2.15. The Bertz CT molecular complexity index is 494. The van der Waals surface area contributed by atoms with Crippen LogP contribution >= 0.6 is 0 Å². The van der Waals surface area contributed by atoms with Crippen LogP contribution in [0.3, 0.4) is 0 Å². The molecule has 0 saturated heterocycles. The minimum atomic E-state index is 0.311. The summed E-state index contributed by atoms with van der Waals surface area (Å²) in [6.07, 6.45) is 2.61. The summed E-state index contributed by atoms with van der Waals surface area (Å²) in [5.41, 5.74) is 7.93. The van der Waals surface area contributed by atoms with Gasteiger partial charge in [-0.15, -0.1) is 0 Å². The van der Waals surface area contributed by atoms with Crippen LogP contribution in [0.2, 0.25) is 0 Å². The van der Waals surface area contributed by atoms with Crippen LogP contribution in [-0.2, 0) is 6.42 Å². The zero-order chi connectivity index (χ0) is 12.3. The van der Waals surface area contributed by atoms with E-state index in [4.69, 9.17) is 5.73 Å². The zero-order valence-corrected chi connectivity index (χ0v) is 10.1. The summed E-state index contributed by atoms with van der Waals surface area (Å²) in [5.74, 6) is 1.19. The maximum atomic E-state index is 5.61. The molecule has 0 amide bonds. The van der Waals surface area contributed by atoms with Crippen molar-refractivity contribution < 1.29 is 0 Å². The molecule has 2 rings (SSSR count). The molecule has 0 fully saturated rings. The molecule has 2 aromatic rings. The van der Waals surface area contributed by atoms with Crippen LogP contribution < -0.4 is 10.6 Å². The zero-order valence-electron chi connectivity index (χ0n) is 10.1. The SMILES string of the molecule is CN(C)c1nc(N)ncc1Cc1ccccc1. The quantitative estimate of drug-likeness (QED) is 0.869. The van der Waals surface area contributed by atoms with E-state index in [-0.39, 0.29) is 0 Å². The maximum Gasteiger partial charge on any atom is 0.221 e. The maximum absolute atomic E-state index is 5.61. The molecule has 17 heavy (non-hydrogen) atoms. The molecule has 0 spiro atoms. The standard InChI is InChI=1S/C13H16N4/c1-17(2)12-11(9-15-13(14)16-12)8-10-6-4-3-5-7-10/h3-7,9H,8H2,1-2H3,(H2,14,15,16). The first kappa shape index (κ1) is 11.4. The number of nitrogens with two attached hydrogens (primary N) is 1. The van der Waals surface area contributed by atoms with Crippen molar-refractivity contribution in [1.82, 2.24) is 9.97 Å². The van der Waals surface area contributed by atoms with Crippen molar-refractivity contribution in [3.8, 4) is 0 Å². The van der Waals surface area contributed by atoms with Gasteiger partial charge in [0.05, 0.1) is 0 Å². The second-order valence-corrected chi connectivity index (χ2v) is 4.13. The van der Waals surface area contributed by atoms with Crippen molar-refractivity contribution in [1.29, 1.82) is 0 Å². The van der Waals surface area contributed by atoms with Gasteiger partial charge in [0.1, 0.15) is 5.82 Å². The summed E-state index contributed by atoms with van der Waals surface area (Å²) in [6.45, 7) is 0. The summed E-state index contributed by atoms with van der Waals surface area (Å²) < 4.78 is 0. The van der Waals surface area contributed by atoms with Crippen LogP contribution in [-0.4, -0.2) is 24.1 Å². The van der Waals surface area contributed by atoms with Crippen LogP contribution in [0.25, 0.3) is 0 Å². The summed E-state index contributed by atoms with van der Waals surface area (Å²) in [6, 6.07) is 10.3. The van der Waals surface area contributed by atoms with Crippen LogP contribution in [0.4, 0.5) is 11.8 Å². The fourth-order valence-electron chi connectivity index (χ4n) is 1.74. The Morgan fingerprint density at radius 1 is 1.18 bits per heavy atom. The summed E-state index contributed by atoms with van der Waals surface area (Å²) in [7, 11) is 3.91. The van der Waals surface area contributed by atoms with E-state index in [0.29, 0.717) is 5.95 Å². The van der Waals surface area contributed by atoms with Gasteiger partial charge in [-0.25, -0.2) is 4.98 Å². The summed E-state index contributed by atoms with van der Waals surface area (Å²) in [4.78, 5) is 10.3. The highest BCUT2D eigenvalue weighted by Gasteiger charge is 2.08. The molecule has 1 heterocycles. The lowest BCUT2D eigenvalue weighted by molar-refractivity contribution is 0.996. The number of hydrogen-bond acceptors (Lipinski definition) is 4. The number of nitrogen functional groups attached to an aromatic ring is 1. The van der Waals surface area contributed by atoms with Crippen molar-refractivity contribution in [2.75, 3.05) is 24.7 Å². The van der Waals surface area contributed by atoms with Gasteiger partial charge in [0, 0.05) is 32.3 Å². The molecule has 0 atom stereocenters. The molecule has 0 saturated carbocycles. The third-order valence-electron chi connectivity index (χ3n) is 2.52. The van der Waals surface area contributed by atoms with E-state index in [1.807, 2.05) is 37.2 Å². The molecule has 0 aliphatic rings. The first-order valence-corrected chi connectivity index (χ1v) is 5.49. The Labute approximate surface area is 101 Å². The third kappa shape index (κ3) is 2.72. The van der Waals surface area contributed by atoms with E-state index in [1.165, 1.54) is 5.56 Å². The van der Waals surface area contributed by atoms with E-state index in [9.17, 15) is 0 Å². The molecule has 0 aliphatic heterocycles. The molecule has 4 heteroatoms. The highest BCUT2D eigenvalue weighted by molar-refractivity contribution is 5.49. The lowest BCUT2D eigenvalue weighted by Gasteiger charge is -2.16. The van der Waals surface area contributed by atoms with Gasteiger partial charge in [-0.3, -0.25) is 0 Å². The average molecular weight is 228 g/mol. The molecule has 0 unspecified atom stereocenters. The number of nitrogens with zero attached hydrogens (tertiary/aromatic N) is 3. The number of anilines is 2. The van der Waals surface area contributed by atoms with Crippen LogP contribution in [0.1, 0.15) is 11.1 Å². The largest absolute Gasteiger partial charge is 0.368 e. The fraction of sp³-hybridized carbons (Fsp3) is 0.231. The Morgan fingerprint density at radius 2 is 1.88 bits per heavy atom. The van der Waals surface area contributed by atoms with E-state index >= 15 is 0 Å². The molecule has 0 bridgehead atoms. The molecule has 1 aromatic heterocycles. The topological polar surface area (TPSA) is 55.0 Å². The van der Waals surface area contributed by atoms with Gasteiger partial charge in [-0.05, 0) is 5.56 Å². The Kier molecular flexibility index (Phi) is 3.23. The summed E-state index contributed by atoms with van der Waals surface area (Å²) >= 11 is 0. The number of aromatic nitrogens is 2. The minimum absolute atomic E-state index is 0.311. The Hall–Kier alpha value is -2.10. The third-order valence-corrected chi connectivity index (χ3v) is 2.52. The molecule has 4 nitrogen and oxygen atoms in total. The smallest absolute Gasteiger partial charge is 0.221 e. The van der Waals surface area contributed by atoms with Gasteiger partial charge in [0.25, 0.3) is 0 Å². The molecular weight excluding hydrogens is 212 g/mol. The van der Waals surface area contributed by atoms with Crippen molar-refractivity contribution in [3.63, 3.8) is 0 Å². The second kappa shape index (κ2) is 4.82. The Morgan fingerprint density at radius 3 is 2.53 bits per heavy atom. The molecule has 1 aromatic carbocycles. The van der Waals surface area contributed by atoms with Crippen molar-refractivity contribution in [2.45, 2.75) is 6.42 Å². The first-order valence-electron chi connectivity index (χ1n) is 5.49. The van der Waals surface area contributed by atoms with Gasteiger partial charge < -0.3 is 10.6 Å². The van der Waals surface area contributed by atoms with Crippen LogP contribution in [0.5, 0.6) is 0 Å². The molecule has 88 valence electrons. The molecule has 0 aliphatic carbocycles. The number of rotatable bonds is 3. The van der Waals surface area contributed by atoms with E-state index < -0.39 is 0 Å². The predicted molar refractivity (Wildman–Crippen MR) is 70.0 cm³/mol. The minimum Gasteiger partial charge on any atom is -0.368 e. The molecule has 2 N–H and O–H groups in total. The van der Waals surface area contributed by atoms with E-state index in [1.54, 1.807) is 6.20 Å². The van der Waals surface area contributed by atoms with Gasteiger partial charge >= 0.3 is 0 Å². The Balaban J connectivity index is 2.33. The average Bonchev–Trinajstić information content (AvgIpc) is 2.32. The lowest BCUT2D eigenvalue weighted by atomic mass is 10.1. The van der Waals surface area contributed by atoms with Crippen molar-refractivity contribution in [2.24, 2.45) is 0 Å². The highest BCUT2D eigenvalue weighted by Crippen LogP contribution is 2.19. The fourth-order valence-corrected chi connectivity index (χ4v) is 1.74. The molecule has 0 radical (unpaired) electrons. The van der Waals surface area contributed by atoms with Crippen molar-refractivity contribution in [3.05, 3.63) is 47.7 Å². The summed E-state index contributed by atoms with van der Waals surface area (Å²) in [5, 5.41) is 0. The van der Waals surface area contributed by atoms with Gasteiger partial charge in [0.15, 0.2) is 0 Å². The number of benzene rings is 1. The monoisotopic (exact) mass is 228 g/mol. The number of hydrogen-bond donors (Lipinski definition) is 1.